The van der Waals surface area contributed by atoms with Crippen LogP contribution < -0.4 is 5.32 Å². The molecule has 2 aromatic carbocycles. The highest BCUT2D eigenvalue weighted by atomic mass is 79.9. The van der Waals surface area contributed by atoms with Crippen molar-refractivity contribution < 1.29 is 0 Å². The molecule has 2 rings (SSSR count). The van der Waals surface area contributed by atoms with Crippen LogP contribution in [0.1, 0.15) is 29.7 Å². The van der Waals surface area contributed by atoms with Gasteiger partial charge in [0.15, 0.2) is 0 Å². The van der Waals surface area contributed by atoms with Crippen LogP contribution in [0.4, 0.5) is 0 Å². The van der Waals surface area contributed by atoms with Gasteiger partial charge in [-0.15, -0.1) is 0 Å². The van der Waals surface area contributed by atoms with E-state index in [-0.39, 0.29) is 6.04 Å². The van der Waals surface area contributed by atoms with Crippen LogP contribution in [0.15, 0.2) is 49.8 Å². The molecule has 106 valence electrons. The van der Waals surface area contributed by atoms with Gasteiger partial charge in [0.1, 0.15) is 0 Å². The third kappa shape index (κ3) is 3.94. The fraction of sp³-hybridized carbons (Fsp3) is 0.250. The molecule has 2 aromatic rings. The average Bonchev–Trinajstić information content (AvgIpc) is 2.38. The van der Waals surface area contributed by atoms with Crippen molar-refractivity contribution in [3.8, 4) is 0 Å². The highest BCUT2D eigenvalue weighted by molar-refractivity contribution is 9.11. The van der Waals surface area contributed by atoms with Gasteiger partial charge in [-0.3, -0.25) is 0 Å². The lowest BCUT2D eigenvalue weighted by Crippen LogP contribution is -2.22. The molecule has 0 aromatic heterocycles. The zero-order valence-electron chi connectivity index (χ0n) is 11.4. The molecule has 0 bridgehead atoms. The molecule has 1 nitrogen and oxygen atoms in total. The number of rotatable bonds is 4. The van der Waals surface area contributed by atoms with E-state index in [0.717, 1.165) is 20.0 Å². The third-order valence-corrected chi connectivity index (χ3v) is 4.75. The Balaban J connectivity index is 2.52. The molecule has 0 saturated heterocycles. The summed E-state index contributed by atoms with van der Waals surface area (Å²) in [6, 6.07) is 13.0. The van der Waals surface area contributed by atoms with Gasteiger partial charge in [0.05, 0.1) is 6.04 Å². The highest BCUT2D eigenvalue weighted by Gasteiger charge is 2.17. The van der Waals surface area contributed by atoms with Crippen molar-refractivity contribution in [3.63, 3.8) is 0 Å². The lowest BCUT2D eigenvalue weighted by molar-refractivity contribution is 0.627. The van der Waals surface area contributed by atoms with E-state index < -0.39 is 0 Å². The minimum absolute atomic E-state index is 0.170. The van der Waals surface area contributed by atoms with Gasteiger partial charge < -0.3 is 5.32 Å². The van der Waals surface area contributed by atoms with Gasteiger partial charge in [0.2, 0.25) is 0 Å². The number of hydrogen-bond donors (Lipinski definition) is 1. The summed E-state index contributed by atoms with van der Waals surface area (Å²) in [4.78, 5) is 0. The van der Waals surface area contributed by atoms with Crippen molar-refractivity contribution in [2.24, 2.45) is 0 Å². The van der Waals surface area contributed by atoms with Crippen molar-refractivity contribution in [2.75, 3.05) is 6.54 Å². The largest absolute Gasteiger partial charge is 0.306 e. The van der Waals surface area contributed by atoms with Gasteiger partial charge in [0, 0.05) is 13.4 Å². The van der Waals surface area contributed by atoms with Crippen molar-refractivity contribution >= 4 is 47.8 Å². The van der Waals surface area contributed by atoms with Crippen LogP contribution in [0.3, 0.4) is 0 Å². The summed E-state index contributed by atoms with van der Waals surface area (Å²) in [6.45, 7) is 5.16. The van der Waals surface area contributed by atoms with E-state index in [1.54, 1.807) is 0 Å². The quantitative estimate of drug-likeness (QED) is 0.590. The van der Waals surface area contributed by atoms with Gasteiger partial charge in [-0.2, -0.15) is 0 Å². The van der Waals surface area contributed by atoms with Crippen molar-refractivity contribution in [3.05, 3.63) is 66.5 Å². The van der Waals surface area contributed by atoms with E-state index in [0.29, 0.717) is 0 Å². The van der Waals surface area contributed by atoms with Crippen LogP contribution in [0, 0.1) is 6.92 Å². The molecule has 20 heavy (non-hydrogen) atoms. The molecule has 0 radical (unpaired) electrons. The SMILES string of the molecule is CCNC(c1cc(C)cc(Br)c1)c1cc(Br)ccc1Br. The Morgan fingerprint density at radius 3 is 2.40 bits per heavy atom. The smallest absolute Gasteiger partial charge is 0.0588 e. The standard InChI is InChI=1S/C16H16Br3N/c1-3-20-16(11-6-10(2)7-13(18)8-11)14-9-12(17)4-5-15(14)19/h4-9,16,20H,3H2,1-2H3. The van der Waals surface area contributed by atoms with E-state index in [2.05, 4.69) is 97.3 Å². The molecule has 1 unspecified atom stereocenters. The molecule has 0 saturated carbocycles. The number of benzene rings is 2. The number of nitrogens with one attached hydrogen (secondary N) is 1. The summed E-state index contributed by atoms with van der Waals surface area (Å²) in [5.74, 6) is 0. The predicted molar refractivity (Wildman–Crippen MR) is 96.2 cm³/mol. The van der Waals surface area contributed by atoms with Crippen LogP contribution in [-0.2, 0) is 0 Å². The molecular formula is C16H16Br3N. The van der Waals surface area contributed by atoms with E-state index >= 15 is 0 Å². The summed E-state index contributed by atoms with van der Waals surface area (Å²) in [7, 11) is 0. The minimum atomic E-state index is 0.170. The lowest BCUT2D eigenvalue weighted by atomic mass is 9.97. The second-order valence-electron chi connectivity index (χ2n) is 4.72. The first-order chi connectivity index (χ1) is 9.51. The Kier molecular flexibility index (Phi) is 5.84. The van der Waals surface area contributed by atoms with Crippen LogP contribution in [-0.4, -0.2) is 6.54 Å². The summed E-state index contributed by atoms with van der Waals surface area (Å²) in [6.07, 6.45) is 0. The van der Waals surface area contributed by atoms with E-state index in [1.807, 2.05) is 6.07 Å². The Bertz CT molecular complexity index is 590. The number of halogens is 3. The second kappa shape index (κ2) is 7.21. The van der Waals surface area contributed by atoms with Crippen LogP contribution >= 0.6 is 47.8 Å². The van der Waals surface area contributed by atoms with Gasteiger partial charge in [0.25, 0.3) is 0 Å². The normalized spacial score (nSPS) is 12.4. The zero-order valence-corrected chi connectivity index (χ0v) is 16.1. The summed E-state index contributed by atoms with van der Waals surface area (Å²) in [5, 5.41) is 3.57. The van der Waals surface area contributed by atoms with Crippen molar-refractivity contribution in [1.82, 2.24) is 5.32 Å². The molecule has 1 atom stereocenters. The minimum Gasteiger partial charge on any atom is -0.306 e. The molecule has 0 aliphatic rings. The van der Waals surface area contributed by atoms with Gasteiger partial charge in [-0.05, 0) is 60.5 Å². The first kappa shape index (κ1) is 16.2. The number of hydrogen-bond acceptors (Lipinski definition) is 1. The maximum Gasteiger partial charge on any atom is 0.0588 e. The number of aryl methyl sites for hydroxylation is 1. The molecule has 0 aliphatic heterocycles. The third-order valence-electron chi connectivity index (χ3n) is 3.08. The first-order valence-corrected chi connectivity index (χ1v) is 8.84. The molecule has 0 heterocycles. The van der Waals surface area contributed by atoms with Gasteiger partial charge in [-0.1, -0.05) is 60.8 Å². The maximum absolute atomic E-state index is 3.66. The Labute approximate surface area is 145 Å². The molecule has 0 fully saturated rings. The monoisotopic (exact) mass is 459 g/mol. The second-order valence-corrected chi connectivity index (χ2v) is 7.40. The summed E-state index contributed by atoms with van der Waals surface area (Å²) >= 11 is 10.8. The average molecular weight is 462 g/mol. The Morgan fingerprint density at radius 1 is 1.00 bits per heavy atom. The molecule has 0 amide bonds. The molecule has 0 aliphatic carbocycles. The Morgan fingerprint density at radius 2 is 1.75 bits per heavy atom. The van der Waals surface area contributed by atoms with Crippen LogP contribution in [0.25, 0.3) is 0 Å². The first-order valence-electron chi connectivity index (χ1n) is 6.46. The Hall–Kier alpha value is -0.160. The summed E-state index contributed by atoms with van der Waals surface area (Å²) in [5.41, 5.74) is 3.75. The van der Waals surface area contributed by atoms with Gasteiger partial charge in [-0.25, -0.2) is 0 Å². The van der Waals surface area contributed by atoms with E-state index in [4.69, 9.17) is 0 Å². The maximum atomic E-state index is 3.66. The topological polar surface area (TPSA) is 12.0 Å². The van der Waals surface area contributed by atoms with Gasteiger partial charge >= 0.3 is 0 Å². The molecule has 0 spiro atoms. The van der Waals surface area contributed by atoms with Crippen LogP contribution in [0.2, 0.25) is 0 Å². The lowest BCUT2D eigenvalue weighted by Gasteiger charge is -2.21. The van der Waals surface area contributed by atoms with E-state index in [9.17, 15) is 0 Å². The molecule has 4 heteroatoms. The fourth-order valence-electron chi connectivity index (χ4n) is 2.28. The zero-order chi connectivity index (χ0) is 14.7. The summed E-state index contributed by atoms with van der Waals surface area (Å²) < 4.78 is 3.32. The predicted octanol–water partition coefficient (Wildman–Crippen LogP) is 5.98. The van der Waals surface area contributed by atoms with Crippen LogP contribution in [0.5, 0.6) is 0 Å². The highest BCUT2D eigenvalue weighted by Crippen LogP contribution is 2.32. The van der Waals surface area contributed by atoms with E-state index in [1.165, 1.54) is 16.7 Å². The molecular weight excluding hydrogens is 446 g/mol. The van der Waals surface area contributed by atoms with Crippen molar-refractivity contribution in [1.29, 1.82) is 0 Å². The molecule has 1 N–H and O–H groups in total. The van der Waals surface area contributed by atoms with Crippen molar-refractivity contribution in [2.45, 2.75) is 19.9 Å². The fourth-order valence-corrected chi connectivity index (χ4v) is 3.76.